The number of rotatable bonds is 5. The Labute approximate surface area is 183 Å². The third-order valence-corrected chi connectivity index (χ3v) is 8.02. The van der Waals surface area contributed by atoms with Crippen molar-refractivity contribution in [3.05, 3.63) is 47.6 Å². The molecule has 3 nitrogen and oxygen atoms in total. The van der Waals surface area contributed by atoms with Gasteiger partial charge in [0.2, 0.25) is 0 Å². The molecule has 3 saturated carbocycles. The monoisotopic (exact) mass is 414 g/mol. The van der Waals surface area contributed by atoms with E-state index < -0.39 is 17.8 Å². The summed E-state index contributed by atoms with van der Waals surface area (Å²) < 4.78 is 0. The highest BCUT2D eigenvalue weighted by molar-refractivity contribution is 5.38. The van der Waals surface area contributed by atoms with Crippen LogP contribution in [0.25, 0.3) is 0 Å². The Bertz CT molecular complexity index is 723. The van der Waals surface area contributed by atoms with Gasteiger partial charge in [0.25, 0.3) is 0 Å². The van der Waals surface area contributed by atoms with Crippen molar-refractivity contribution in [1.29, 1.82) is 0 Å². The smallest absolute Gasteiger partial charge is 0.0811 e. The zero-order valence-corrected chi connectivity index (χ0v) is 19.4. The van der Waals surface area contributed by atoms with Crippen LogP contribution < -0.4 is 0 Å². The SMILES string of the molecule is C=C1/C(=C\C=C2/CCC[C@]3(C)[C@@H]([C@H](C)C/C=C/C(C)(C)O)CC[C@@H]23)C[C@@H](O)C[C@@H]1O. The molecule has 3 fully saturated rings. The lowest BCUT2D eigenvalue weighted by Gasteiger charge is -2.44. The zero-order chi connectivity index (χ0) is 22.1. The van der Waals surface area contributed by atoms with Crippen LogP contribution in [0.5, 0.6) is 0 Å². The number of aliphatic hydroxyl groups excluding tert-OH is 2. The fourth-order valence-corrected chi connectivity index (χ4v) is 6.41. The molecule has 0 radical (unpaired) electrons. The largest absolute Gasteiger partial charge is 0.393 e. The normalized spacial score (nSPS) is 39.1. The van der Waals surface area contributed by atoms with Crippen molar-refractivity contribution in [2.75, 3.05) is 0 Å². The molecule has 0 unspecified atom stereocenters. The molecule has 0 bridgehead atoms. The predicted molar refractivity (Wildman–Crippen MR) is 124 cm³/mol. The van der Waals surface area contributed by atoms with Gasteiger partial charge in [0.1, 0.15) is 0 Å². The van der Waals surface area contributed by atoms with Crippen LogP contribution in [0.1, 0.15) is 79.1 Å². The van der Waals surface area contributed by atoms with Gasteiger partial charge in [-0.25, -0.2) is 0 Å². The van der Waals surface area contributed by atoms with Gasteiger partial charge in [0, 0.05) is 6.42 Å². The maximum Gasteiger partial charge on any atom is 0.0811 e. The standard InChI is InChI=1S/C27H42O3/c1-18(8-6-14-26(3,4)30)23-12-13-24-20(9-7-15-27(23,24)5)10-11-21-16-22(28)17-25(29)19(21)2/h6,10-11,14,18,22-25,28-30H,2,7-9,12-13,15-17H2,1,3-5H3/b14-6+,20-10+,21-11-/t18-,22-,23-,24+,25+,27-/m1/s1. The van der Waals surface area contributed by atoms with Gasteiger partial charge in [-0.1, -0.05) is 50.3 Å². The minimum atomic E-state index is -0.736. The summed E-state index contributed by atoms with van der Waals surface area (Å²) >= 11 is 0. The Hall–Kier alpha value is -1.16. The summed E-state index contributed by atoms with van der Waals surface area (Å²) in [5.74, 6) is 1.94. The fraction of sp³-hybridized carbons (Fsp3) is 0.704. The molecule has 168 valence electrons. The maximum atomic E-state index is 10.1. The Morgan fingerprint density at radius 1 is 1.23 bits per heavy atom. The van der Waals surface area contributed by atoms with Crippen LogP contribution in [0, 0.1) is 23.2 Å². The Morgan fingerprint density at radius 3 is 2.67 bits per heavy atom. The highest BCUT2D eigenvalue weighted by Crippen LogP contribution is 2.59. The molecule has 3 aliphatic rings. The number of hydrogen-bond donors (Lipinski definition) is 3. The van der Waals surface area contributed by atoms with Crippen LogP contribution in [0.15, 0.2) is 47.6 Å². The highest BCUT2D eigenvalue weighted by Gasteiger charge is 2.50. The molecular formula is C27H42O3. The minimum absolute atomic E-state index is 0.340. The van der Waals surface area contributed by atoms with E-state index in [9.17, 15) is 15.3 Å². The molecule has 3 aliphatic carbocycles. The summed E-state index contributed by atoms with van der Waals surface area (Å²) in [4.78, 5) is 0. The second-order valence-corrected chi connectivity index (χ2v) is 10.9. The third-order valence-electron chi connectivity index (χ3n) is 8.02. The lowest BCUT2D eigenvalue weighted by Crippen LogP contribution is -2.35. The number of fused-ring (bicyclic) bond motifs is 1. The van der Waals surface area contributed by atoms with E-state index in [1.165, 1.54) is 25.7 Å². The summed E-state index contributed by atoms with van der Waals surface area (Å²) in [6, 6.07) is 0. The van der Waals surface area contributed by atoms with Crippen LogP contribution in [-0.2, 0) is 0 Å². The molecule has 0 aliphatic heterocycles. The Kier molecular flexibility index (Phi) is 7.16. The summed E-state index contributed by atoms with van der Waals surface area (Å²) in [5, 5.41) is 30.1. The van der Waals surface area contributed by atoms with Crippen molar-refractivity contribution < 1.29 is 15.3 Å². The van der Waals surface area contributed by atoms with Gasteiger partial charge in [-0.3, -0.25) is 0 Å². The summed E-state index contributed by atoms with van der Waals surface area (Å²) in [6.07, 6.45) is 15.6. The average molecular weight is 415 g/mol. The van der Waals surface area contributed by atoms with Crippen molar-refractivity contribution in [2.45, 2.75) is 96.9 Å². The first kappa shape index (κ1) is 23.5. The van der Waals surface area contributed by atoms with Gasteiger partial charge >= 0.3 is 0 Å². The van der Waals surface area contributed by atoms with Crippen molar-refractivity contribution in [2.24, 2.45) is 23.2 Å². The van der Waals surface area contributed by atoms with Gasteiger partial charge < -0.3 is 15.3 Å². The van der Waals surface area contributed by atoms with Crippen molar-refractivity contribution in [3.8, 4) is 0 Å². The summed E-state index contributed by atoms with van der Waals surface area (Å²) in [7, 11) is 0. The molecule has 0 aromatic heterocycles. The van der Waals surface area contributed by atoms with E-state index in [0.29, 0.717) is 36.0 Å². The van der Waals surface area contributed by atoms with E-state index in [4.69, 9.17) is 0 Å². The summed E-state index contributed by atoms with van der Waals surface area (Å²) in [5.41, 5.74) is 2.92. The molecule has 0 amide bonds. The van der Waals surface area contributed by atoms with Gasteiger partial charge in [-0.05, 0) is 93.1 Å². The first-order valence-electron chi connectivity index (χ1n) is 11.9. The fourth-order valence-electron chi connectivity index (χ4n) is 6.41. The van der Waals surface area contributed by atoms with E-state index in [1.807, 2.05) is 19.9 Å². The maximum absolute atomic E-state index is 10.1. The van der Waals surface area contributed by atoms with Crippen molar-refractivity contribution >= 4 is 0 Å². The van der Waals surface area contributed by atoms with Crippen LogP contribution in [0.2, 0.25) is 0 Å². The van der Waals surface area contributed by atoms with Gasteiger partial charge in [0.05, 0.1) is 17.8 Å². The second kappa shape index (κ2) is 9.14. The van der Waals surface area contributed by atoms with E-state index >= 15 is 0 Å². The molecule has 0 aromatic carbocycles. The Morgan fingerprint density at radius 2 is 1.97 bits per heavy atom. The zero-order valence-electron chi connectivity index (χ0n) is 19.4. The van der Waals surface area contributed by atoms with E-state index in [2.05, 4.69) is 38.7 Å². The lowest BCUT2D eigenvalue weighted by atomic mass is 9.61. The molecule has 6 atom stereocenters. The van der Waals surface area contributed by atoms with E-state index in [0.717, 1.165) is 24.0 Å². The van der Waals surface area contributed by atoms with E-state index in [-0.39, 0.29) is 0 Å². The number of allylic oxidation sites excluding steroid dienone is 4. The lowest BCUT2D eigenvalue weighted by molar-refractivity contribution is 0.0861. The van der Waals surface area contributed by atoms with Crippen molar-refractivity contribution in [1.82, 2.24) is 0 Å². The van der Waals surface area contributed by atoms with Crippen LogP contribution in [0.3, 0.4) is 0 Å². The molecule has 30 heavy (non-hydrogen) atoms. The molecule has 3 rings (SSSR count). The van der Waals surface area contributed by atoms with Crippen molar-refractivity contribution in [3.63, 3.8) is 0 Å². The van der Waals surface area contributed by atoms with Crippen LogP contribution in [0.4, 0.5) is 0 Å². The second-order valence-electron chi connectivity index (χ2n) is 10.9. The van der Waals surface area contributed by atoms with Crippen LogP contribution >= 0.6 is 0 Å². The topological polar surface area (TPSA) is 60.7 Å². The first-order chi connectivity index (χ1) is 14.0. The molecule has 0 aromatic rings. The predicted octanol–water partition coefficient (Wildman–Crippen LogP) is 5.48. The summed E-state index contributed by atoms with van der Waals surface area (Å²) in [6.45, 7) is 12.6. The van der Waals surface area contributed by atoms with Gasteiger partial charge in [0.15, 0.2) is 0 Å². The highest BCUT2D eigenvalue weighted by atomic mass is 16.3. The molecule has 0 spiro atoms. The van der Waals surface area contributed by atoms with E-state index in [1.54, 1.807) is 5.57 Å². The van der Waals surface area contributed by atoms with Gasteiger partial charge in [-0.15, -0.1) is 0 Å². The van der Waals surface area contributed by atoms with Gasteiger partial charge in [-0.2, -0.15) is 0 Å². The number of hydrogen-bond acceptors (Lipinski definition) is 3. The molecule has 0 saturated heterocycles. The molecule has 0 heterocycles. The average Bonchev–Trinajstić information content (AvgIpc) is 3.00. The third kappa shape index (κ3) is 5.18. The number of aliphatic hydroxyl groups is 3. The molecule has 3 heteroatoms. The minimum Gasteiger partial charge on any atom is -0.393 e. The molecular weight excluding hydrogens is 372 g/mol. The first-order valence-corrected chi connectivity index (χ1v) is 11.9. The molecule has 3 N–H and O–H groups in total. The Balaban J connectivity index is 1.74. The quantitative estimate of drug-likeness (QED) is 0.522. The van der Waals surface area contributed by atoms with Crippen LogP contribution in [-0.4, -0.2) is 33.1 Å².